The maximum atomic E-state index is 13.5. The van der Waals surface area contributed by atoms with Crippen LogP contribution in [0.15, 0.2) is 72.9 Å². The first-order chi connectivity index (χ1) is 26.0. The fourth-order valence-corrected chi connectivity index (χ4v) is 6.13. The number of aliphatic carboxylic acids is 1. The Hall–Kier alpha value is -5.34. The smallest absolute Gasteiger partial charge is 0.408 e. The fourth-order valence-electron chi connectivity index (χ4n) is 6.13. The number of ether oxygens (including phenoxy) is 2. The molecule has 0 unspecified atom stereocenters. The maximum Gasteiger partial charge on any atom is 0.408 e. The van der Waals surface area contributed by atoms with E-state index in [1.165, 1.54) is 14.2 Å². The zero-order valence-electron chi connectivity index (χ0n) is 31.7. The summed E-state index contributed by atoms with van der Waals surface area (Å²) in [5.41, 5.74) is 4.89. The Morgan fingerprint density at radius 3 is 2.33 bits per heavy atom. The van der Waals surface area contributed by atoms with Gasteiger partial charge >= 0.3 is 19.7 Å². The highest BCUT2D eigenvalue weighted by Crippen LogP contribution is 2.37. The standard InChI is InChI=1S/C40H52BN5O8/c1-6-7-18-53-35-17-16-27(21-33(46-41-52-5)38(48)44-34(39(49)50)19-25(2)3)20-31(35)30-15-11-14-29-28(23-43-36(29)30)22-32(37(47)42-4)45-40(51)54-24-26-12-9-8-10-13-26/h8-17,20,23,25,32-34,41,43,46H,6-7,18-19,21-22,24H2,1-5H3,(H,42,47)(H,44,48)(H,45,51)(H,49,50)/t32-,33-,34-/m0/s1. The van der Waals surface area contributed by atoms with Gasteiger partial charge in [-0.2, -0.15) is 0 Å². The third-order valence-corrected chi connectivity index (χ3v) is 8.93. The Kier molecular flexibility index (Phi) is 15.9. The van der Waals surface area contributed by atoms with Gasteiger partial charge in [-0.1, -0.05) is 81.8 Å². The summed E-state index contributed by atoms with van der Waals surface area (Å²) in [6, 6.07) is 18.2. The number of carboxylic acids is 1. The van der Waals surface area contributed by atoms with E-state index in [9.17, 15) is 24.3 Å². The van der Waals surface area contributed by atoms with Crippen molar-refractivity contribution in [2.75, 3.05) is 20.8 Å². The number of amides is 3. The predicted molar refractivity (Wildman–Crippen MR) is 209 cm³/mol. The number of unbranched alkanes of at least 4 members (excludes halogenated alkanes) is 1. The number of aromatic amines is 1. The zero-order chi connectivity index (χ0) is 39.0. The second kappa shape index (κ2) is 20.8. The molecular formula is C40H52BN5O8. The molecule has 3 aromatic carbocycles. The van der Waals surface area contributed by atoms with E-state index in [-0.39, 0.29) is 38.9 Å². The number of rotatable bonds is 21. The second-order valence-corrected chi connectivity index (χ2v) is 13.6. The molecule has 14 heteroatoms. The molecule has 1 heterocycles. The summed E-state index contributed by atoms with van der Waals surface area (Å²) in [5.74, 6) is -1.16. The molecule has 0 aliphatic carbocycles. The predicted octanol–water partition coefficient (Wildman–Crippen LogP) is 4.63. The lowest BCUT2D eigenvalue weighted by atomic mass is 9.95. The van der Waals surface area contributed by atoms with Crippen LogP contribution in [0.3, 0.4) is 0 Å². The zero-order valence-corrected chi connectivity index (χ0v) is 31.7. The first-order valence-corrected chi connectivity index (χ1v) is 18.3. The average Bonchev–Trinajstić information content (AvgIpc) is 3.58. The van der Waals surface area contributed by atoms with Crippen LogP contribution in [0.5, 0.6) is 5.75 Å². The van der Waals surface area contributed by atoms with Gasteiger partial charge in [0, 0.05) is 43.3 Å². The van der Waals surface area contributed by atoms with Crippen LogP contribution in [-0.2, 0) is 43.2 Å². The Labute approximate surface area is 317 Å². The van der Waals surface area contributed by atoms with Crippen molar-refractivity contribution in [3.63, 3.8) is 0 Å². The van der Waals surface area contributed by atoms with Crippen molar-refractivity contribution in [1.82, 2.24) is 26.2 Å². The van der Waals surface area contributed by atoms with Crippen molar-refractivity contribution in [1.29, 1.82) is 0 Å². The molecule has 1 aromatic heterocycles. The minimum atomic E-state index is -1.09. The molecule has 54 heavy (non-hydrogen) atoms. The SMILES string of the molecule is CCCCOc1ccc(C[C@H](NBOC)C(=O)N[C@@H](CC(C)C)C(=O)O)cc1-c1cccc2c(C[C@H](NC(=O)OCc3ccccc3)C(=O)NC)c[nH]c12. The summed E-state index contributed by atoms with van der Waals surface area (Å²) >= 11 is 0. The third kappa shape index (κ3) is 11.8. The summed E-state index contributed by atoms with van der Waals surface area (Å²) in [6.45, 7) is 6.49. The number of carbonyl (C=O) groups excluding carboxylic acids is 3. The largest absolute Gasteiger partial charge is 0.493 e. The van der Waals surface area contributed by atoms with Gasteiger partial charge in [0.25, 0.3) is 0 Å². The lowest BCUT2D eigenvalue weighted by Crippen LogP contribution is -2.52. The fraction of sp³-hybridized carbons (Fsp3) is 0.400. The van der Waals surface area contributed by atoms with E-state index in [0.29, 0.717) is 18.8 Å². The van der Waals surface area contributed by atoms with Crippen molar-refractivity contribution >= 4 is 42.4 Å². The maximum absolute atomic E-state index is 13.5. The van der Waals surface area contributed by atoms with E-state index in [4.69, 9.17) is 14.1 Å². The van der Waals surface area contributed by atoms with Gasteiger partial charge in [-0.3, -0.25) is 9.59 Å². The minimum Gasteiger partial charge on any atom is -0.493 e. The van der Waals surface area contributed by atoms with Gasteiger partial charge in [0.1, 0.15) is 24.4 Å². The first kappa shape index (κ1) is 41.4. The van der Waals surface area contributed by atoms with Crippen molar-refractivity contribution in [2.24, 2.45) is 5.92 Å². The number of fused-ring (bicyclic) bond motifs is 1. The molecular weight excluding hydrogens is 689 g/mol. The Balaban J connectivity index is 1.64. The highest BCUT2D eigenvalue weighted by molar-refractivity contribution is 6.24. The van der Waals surface area contributed by atoms with Crippen molar-refractivity contribution in [3.05, 3.63) is 89.6 Å². The van der Waals surface area contributed by atoms with Crippen LogP contribution in [0.25, 0.3) is 22.0 Å². The van der Waals surface area contributed by atoms with Gasteiger partial charge < -0.3 is 45.4 Å². The van der Waals surface area contributed by atoms with E-state index in [1.54, 1.807) is 0 Å². The van der Waals surface area contributed by atoms with Gasteiger partial charge in [-0.25, -0.2) is 9.59 Å². The van der Waals surface area contributed by atoms with Crippen molar-refractivity contribution < 1.29 is 38.4 Å². The number of hydrogen-bond donors (Lipinski definition) is 6. The number of para-hydroxylation sites is 1. The molecule has 4 rings (SSSR count). The third-order valence-electron chi connectivity index (χ3n) is 8.93. The number of carbonyl (C=O) groups is 4. The molecule has 0 spiro atoms. The Bertz CT molecular complexity index is 1850. The number of nitrogens with one attached hydrogen (secondary N) is 5. The molecule has 0 aliphatic rings. The van der Waals surface area contributed by atoms with E-state index in [2.05, 4.69) is 33.1 Å². The number of hydrogen-bond acceptors (Lipinski definition) is 8. The summed E-state index contributed by atoms with van der Waals surface area (Å²) in [4.78, 5) is 54.5. The van der Waals surface area contributed by atoms with Gasteiger partial charge in [0.2, 0.25) is 11.8 Å². The van der Waals surface area contributed by atoms with Gasteiger partial charge in [-0.05, 0) is 54.0 Å². The number of likely N-dealkylation sites (N-methyl/N-ethyl adjacent to an activating group) is 1. The van der Waals surface area contributed by atoms with Gasteiger partial charge in [0.05, 0.1) is 18.2 Å². The highest BCUT2D eigenvalue weighted by atomic mass is 16.5. The molecule has 0 saturated heterocycles. The van der Waals surface area contributed by atoms with Crippen LogP contribution in [0.2, 0.25) is 0 Å². The normalized spacial score (nSPS) is 12.8. The topological polar surface area (TPSA) is 180 Å². The number of aromatic nitrogens is 1. The van der Waals surface area contributed by atoms with Crippen LogP contribution in [0.4, 0.5) is 4.79 Å². The summed E-state index contributed by atoms with van der Waals surface area (Å²) in [5, 5.41) is 21.7. The van der Waals surface area contributed by atoms with E-state index in [0.717, 1.165) is 51.6 Å². The summed E-state index contributed by atoms with van der Waals surface area (Å²) < 4.78 is 16.9. The number of H-pyrrole nitrogens is 1. The van der Waals surface area contributed by atoms with Gasteiger partial charge in [-0.15, -0.1) is 0 Å². The second-order valence-electron chi connectivity index (χ2n) is 13.6. The first-order valence-electron chi connectivity index (χ1n) is 18.3. The average molecular weight is 742 g/mol. The van der Waals surface area contributed by atoms with Crippen molar-refractivity contribution in [2.45, 2.75) is 77.6 Å². The van der Waals surface area contributed by atoms with E-state index in [1.807, 2.05) is 86.8 Å². The van der Waals surface area contributed by atoms with E-state index >= 15 is 0 Å². The number of carboxylic acid groups (broad SMARTS) is 1. The summed E-state index contributed by atoms with van der Waals surface area (Å²) in [7, 11) is 3.12. The molecule has 0 fully saturated rings. The minimum absolute atomic E-state index is 0.0696. The molecule has 288 valence electrons. The quantitative estimate of drug-likeness (QED) is 0.0525. The van der Waals surface area contributed by atoms with Crippen LogP contribution in [0.1, 0.15) is 56.7 Å². The van der Waals surface area contributed by atoms with Crippen LogP contribution < -0.4 is 25.9 Å². The van der Waals surface area contributed by atoms with Crippen molar-refractivity contribution in [3.8, 4) is 16.9 Å². The van der Waals surface area contributed by atoms with Crippen LogP contribution in [0, 0.1) is 5.92 Å². The van der Waals surface area contributed by atoms with Crippen LogP contribution in [-0.4, -0.2) is 80.5 Å². The molecule has 3 amide bonds. The lowest BCUT2D eigenvalue weighted by molar-refractivity contribution is -0.142. The van der Waals surface area contributed by atoms with Gasteiger partial charge in [0.15, 0.2) is 0 Å². The molecule has 4 aromatic rings. The molecule has 0 radical (unpaired) electrons. The number of benzene rings is 3. The monoisotopic (exact) mass is 741 g/mol. The molecule has 0 bridgehead atoms. The molecule has 0 aliphatic heterocycles. The van der Waals surface area contributed by atoms with E-state index < -0.39 is 36.1 Å². The Morgan fingerprint density at radius 2 is 1.65 bits per heavy atom. The molecule has 0 saturated carbocycles. The molecule has 6 N–H and O–H groups in total. The molecule has 13 nitrogen and oxygen atoms in total. The van der Waals surface area contributed by atoms with Crippen LogP contribution >= 0.6 is 0 Å². The Morgan fingerprint density at radius 1 is 0.870 bits per heavy atom. The summed E-state index contributed by atoms with van der Waals surface area (Å²) in [6.07, 6.45) is 3.68. The highest BCUT2D eigenvalue weighted by Gasteiger charge is 2.27. The lowest BCUT2D eigenvalue weighted by Gasteiger charge is -2.23. The number of alkyl carbamates (subject to hydrolysis) is 1. The molecule has 3 atom stereocenters.